The molecule has 1 heteroatoms. The van der Waals surface area contributed by atoms with Crippen molar-refractivity contribution >= 4 is 0 Å². The van der Waals surface area contributed by atoms with Crippen molar-refractivity contribution in [2.24, 2.45) is 0 Å². The molecule has 80 valence electrons. The zero-order valence-electron chi connectivity index (χ0n) is 9.36. The van der Waals surface area contributed by atoms with Gasteiger partial charge in [-0.1, -0.05) is 37.3 Å². The molecule has 0 radical (unpaired) electrons. The van der Waals surface area contributed by atoms with E-state index < -0.39 is 0 Å². The van der Waals surface area contributed by atoms with E-state index >= 15 is 0 Å². The third-order valence-electron chi connectivity index (χ3n) is 3.16. The molecule has 0 saturated carbocycles. The molecule has 0 saturated heterocycles. The molecule has 0 aromatic heterocycles. The van der Waals surface area contributed by atoms with Crippen LogP contribution in [0.4, 0.5) is 0 Å². The summed E-state index contributed by atoms with van der Waals surface area (Å²) in [6.07, 6.45) is 1.07. The Labute approximate surface area is 95.7 Å². The average molecular weight is 210 g/mol. The zero-order chi connectivity index (χ0) is 11.0. The summed E-state index contributed by atoms with van der Waals surface area (Å²) in [6.45, 7) is 2.92. The first kappa shape index (κ1) is 9.46. The Hall–Kier alpha value is -1.76. The molecule has 2 aromatic rings. The van der Waals surface area contributed by atoms with E-state index in [0.717, 1.165) is 18.8 Å². The summed E-state index contributed by atoms with van der Waals surface area (Å²) in [5, 5.41) is 0. The number of ether oxygens (including phenoxy) is 1. The van der Waals surface area contributed by atoms with Crippen LogP contribution in [0.1, 0.15) is 18.1 Å². The van der Waals surface area contributed by atoms with Crippen LogP contribution in [0.5, 0.6) is 5.75 Å². The third kappa shape index (κ3) is 1.40. The van der Waals surface area contributed by atoms with Crippen molar-refractivity contribution in [1.29, 1.82) is 0 Å². The molecule has 1 aliphatic heterocycles. The maximum Gasteiger partial charge on any atom is 0.120 e. The van der Waals surface area contributed by atoms with Gasteiger partial charge in [0.1, 0.15) is 12.4 Å². The molecule has 16 heavy (non-hydrogen) atoms. The molecular weight excluding hydrogens is 196 g/mol. The van der Waals surface area contributed by atoms with E-state index in [-0.39, 0.29) is 0 Å². The van der Waals surface area contributed by atoms with Crippen LogP contribution in [0.15, 0.2) is 42.5 Å². The SMILES string of the molecule is CCc1ccccc1-c1ccc2cc1CO2. The highest BCUT2D eigenvalue weighted by Crippen LogP contribution is 2.34. The van der Waals surface area contributed by atoms with Crippen LogP contribution >= 0.6 is 0 Å². The van der Waals surface area contributed by atoms with Crippen LogP contribution in [0.2, 0.25) is 0 Å². The number of rotatable bonds is 2. The Morgan fingerprint density at radius 1 is 1.06 bits per heavy atom. The standard InChI is InChI=1S/C15H14O/c1-2-11-5-3-4-6-14(11)15-8-7-13-9-12(15)10-16-13/h3-9H,2,10H2,1H3. The first-order valence-electron chi connectivity index (χ1n) is 5.72. The number of aryl methyl sites for hydroxylation is 1. The van der Waals surface area contributed by atoms with Crippen LogP contribution in [0, 0.1) is 0 Å². The normalized spacial score (nSPS) is 12.6. The van der Waals surface area contributed by atoms with Crippen molar-refractivity contribution in [3.05, 3.63) is 53.6 Å². The minimum absolute atomic E-state index is 0.718. The summed E-state index contributed by atoms with van der Waals surface area (Å²) in [5.41, 5.74) is 5.37. The fourth-order valence-corrected chi connectivity index (χ4v) is 2.29. The van der Waals surface area contributed by atoms with Gasteiger partial charge in [0.2, 0.25) is 0 Å². The molecule has 0 atom stereocenters. The molecular formula is C15H14O. The van der Waals surface area contributed by atoms with Crippen molar-refractivity contribution in [2.45, 2.75) is 20.0 Å². The largest absolute Gasteiger partial charge is 0.489 e. The molecule has 1 aliphatic rings. The van der Waals surface area contributed by atoms with E-state index in [4.69, 9.17) is 4.74 Å². The van der Waals surface area contributed by atoms with E-state index in [2.05, 4.69) is 49.4 Å². The lowest BCUT2D eigenvalue weighted by molar-refractivity contribution is 0.328. The lowest BCUT2D eigenvalue weighted by Crippen LogP contribution is -1.90. The number of fused-ring (bicyclic) bond motifs is 2. The fourth-order valence-electron chi connectivity index (χ4n) is 2.29. The Bertz CT molecular complexity index is 525. The Balaban J connectivity index is 2.17. The van der Waals surface area contributed by atoms with Gasteiger partial charge in [-0.05, 0) is 35.2 Å². The maximum atomic E-state index is 5.52. The monoisotopic (exact) mass is 210 g/mol. The van der Waals surface area contributed by atoms with Crippen LogP contribution < -0.4 is 4.74 Å². The van der Waals surface area contributed by atoms with Gasteiger partial charge in [-0.2, -0.15) is 0 Å². The van der Waals surface area contributed by atoms with E-state index in [1.165, 1.54) is 22.3 Å². The molecule has 0 amide bonds. The van der Waals surface area contributed by atoms with Crippen molar-refractivity contribution in [3.8, 4) is 16.9 Å². The number of hydrogen-bond acceptors (Lipinski definition) is 1. The zero-order valence-corrected chi connectivity index (χ0v) is 9.36. The van der Waals surface area contributed by atoms with E-state index in [0.29, 0.717) is 0 Å². The van der Waals surface area contributed by atoms with Gasteiger partial charge in [0.05, 0.1) is 0 Å². The molecule has 3 rings (SSSR count). The van der Waals surface area contributed by atoms with Crippen LogP contribution in [-0.2, 0) is 13.0 Å². The van der Waals surface area contributed by atoms with Crippen molar-refractivity contribution < 1.29 is 4.74 Å². The van der Waals surface area contributed by atoms with E-state index in [1.807, 2.05) is 0 Å². The van der Waals surface area contributed by atoms with Crippen LogP contribution in [0.25, 0.3) is 11.1 Å². The number of hydrogen-bond donors (Lipinski definition) is 0. The van der Waals surface area contributed by atoms with Crippen LogP contribution in [0.3, 0.4) is 0 Å². The molecule has 0 spiro atoms. The van der Waals surface area contributed by atoms with E-state index in [1.54, 1.807) is 0 Å². The molecule has 0 unspecified atom stereocenters. The van der Waals surface area contributed by atoms with Gasteiger partial charge in [-0.15, -0.1) is 0 Å². The highest BCUT2D eigenvalue weighted by atomic mass is 16.5. The topological polar surface area (TPSA) is 9.23 Å². The molecule has 2 aromatic carbocycles. The second kappa shape index (κ2) is 3.67. The second-order valence-corrected chi connectivity index (χ2v) is 4.12. The molecule has 0 fully saturated rings. The van der Waals surface area contributed by atoms with Crippen molar-refractivity contribution in [3.63, 3.8) is 0 Å². The third-order valence-corrected chi connectivity index (χ3v) is 3.16. The first-order valence-corrected chi connectivity index (χ1v) is 5.72. The van der Waals surface area contributed by atoms with Gasteiger partial charge in [0.25, 0.3) is 0 Å². The quantitative estimate of drug-likeness (QED) is 0.732. The predicted octanol–water partition coefficient (Wildman–Crippen LogP) is 3.81. The summed E-state index contributed by atoms with van der Waals surface area (Å²) in [7, 11) is 0. The van der Waals surface area contributed by atoms with Gasteiger partial charge in [-0.3, -0.25) is 0 Å². The average Bonchev–Trinajstić information content (AvgIpc) is 2.72. The highest BCUT2D eigenvalue weighted by Gasteiger charge is 2.14. The maximum absolute atomic E-state index is 5.52. The fraction of sp³-hybridized carbons (Fsp3) is 0.200. The Morgan fingerprint density at radius 2 is 1.94 bits per heavy atom. The van der Waals surface area contributed by atoms with E-state index in [9.17, 15) is 0 Å². The van der Waals surface area contributed by atoms with Crippen LogP contribution in [-0.4, -0.2) is 0 Å². The van der Waals surface area contributed by atoms with Gasteiger partial charge in [0.15, 0.2) is 0 Å². The lowest BCUT2D eigenvalue weighted by atomic mass is 9.95. The Kier molecular flexibility index (Phi) is 2.17. The second-order valence-electron chi connectivity index (χ2n) is 4.12. The summed E-state index contributed by atoms with van der Waals surface area (Å²) in [6, 6.07) is 15.0. The highest BCUT2D eigenvalue weighted by molar-refractivity contribution is 5.72. The minimum Gasteiger partial charge on any atom is -0.489 e. The number of benzene rings is 2. The molecule has 2 bridgehead atoms. The molecule has 0 aliphatic carbocycles. The molecule has 1 heterocycles. The smallest absolute Gasteiger partial charge is 0.120 e. The van der Waals surface area contributed by atoms with Gasteiger partial charge >= 0.3 is 0 Å². The van der Waals surface area contributed by atoms with Gasteiger partial charge in [0, 0.05) is 5.56 Å². The van der Waals surface area contributed by atoms with Crippen molar-refractivity contribution in [1.82, 2.24) is 0 Å². The summed E-state index contributed by atoms with van der Waals surface area (Å²) in [5.74, 6) is 0.993. The summed E-state index contributed by atoms with van der Waals surface area (Å²) >= 11 is 0. The van der Waals surface area contributed by atoms with Gasteiger partial charge < -0.3 is 4.74 Å². The van der Waals surface area contributed by atoms with Crippen molar-refractivity contribution in [2.75, 3.05) is 0 Å². The lowest BCUT2D eigenvalue weighted by Gasteiger charge is -2.09. The molecule has 1 nitrogen and oxygen atoms in total. The minimum atomic E-state index is 0.718. The molecule has 0 N–H and O–H groups in total. The Morgan fingerprint density at radius 3 is 2.81 bits per heavy atom. The van der Waals surface area contributed by atoms with Gasteiger partial charge in [-0.25, -0.2) is 0 Å². The summed E-state index contributed by atoms with van der Waals surface area (Å²) in [4.78, 5) is 0. The predicted molar refractivity (Wildman–Crippen MR) is 65.6 cm³/mol. The first-order chi connectivity index (χ1) is 7.88. The summed E-state index contributed by atoms with van der Waals surface area (Å²) < 4.78 is 5.52.